The van der Waals surface area contributed by atoms with E-state index in [0.717, 1.165) is 19.6 Å². The molecule has 4 heterocycles. The monoisotopic (exact) mass is 392 g/mol. The summed E-state index contributed by atoms with van der Waals surface area (Å²) in [6.45, 7) is 3.58. The van der Waals surface area contributed by atoms with Crippen LogP contribution >= 0.6 is 0 Å². The predicted molar refractivity (Wildman–Crippen MR) is 97.5 cm³/mol. The van der Waals surface area contributed by atoms with E-state index in [4.69, 9.17) is 4.52 Å². The molecule has 0 aromatic carbocycles. The Morgan fingerprint density at radius 1 is 1.26 bits per heavy atom. The van der Waals surface area contributed by atoms with Crippen LogP contribution in [0.1, 0.15) is 36.5 Å². The van der Waals surface area contributed by atoms with Gasteiger partial charge >= 0.3 is 0 Å². The second-order valence-electron chi connectivity index (χ2n) is 7.06. The number of piperidine rings is 1. The van der Waals surface area contributed by atoms with Gasteiger partial charge in [-0.1, -0.05) is 5.16 Å². The molecule has 0 radical (unpaired) electrons. The van der Waals surface area contributed by atoms with Gasteiger partial charge in [0.25, 0.3) is 0 Å². The Hall–Kier alpha value is -1.88. The lowest BCUT2D eigenvalue weighted by molar-refractivity contribution is 0.190. The number of nitrogens with zero attached hydrogens (tertiary/aromatic N) is 5. The van der Waals surface area contributed by atoms with Crippen molar-refractivity contribution in [2.24, 2.45) is 0 Å². The first kappa shape index (κ1) is 18.5. The van der Waals surface area contributed by atoms with E-state index in [9.17, 15) is 8.42 Å². The van der Waals surface area contributed by atoms with E-state index in [1.165, 1.54) is 10.5 Å². The molecule has 0 saturated carbocycles. The number of pyridine rings is 1. The first-order valence-electron chi connectivity index (χ1n) is 9.20. The van der Waals surface area contributed by atoms with Gasteiger partial charge in [0.2, 0.25) is 15.9 Å². The normalized spacial score (nSPS) is 23.5. The molecule has 2 aromatic heterocycles. The van der Waals surface area contributed by atoms with Gasteiger partial charge in [0.1, 0.15) is 4.90 Å². The zero-order chi connectivity index (χ0) is 18.9. The predicted octanol–water partition coefficient (Wildman–Crippen LogP) is 0.609. The third kappa shape index (κ3) is 3.75. The van der Waals surface area contributed by atoms with E-state index in [2.05, 4.69) is 32.4 Å². The maximum Gasteiger partial charge on any atom is 0.244 e. The molecule has 9 nitrogen and oxygen atoms in total. The quantitative estimate of drug-likeness (QED) is 0.807. The van der Waals surface area contributed by atoms with Crippen LogP contribution in [0.2, 0.25) is 0 Å². The van der Waals surface area contributed by atoms with Crippen molar-refractivity contribution in [1.29, 1.82) is 0 Å². The molecule has 2 aliphatic heterocycles. The average molecular weight is 392 g/mol. The van der Waals surface area contributed by atoms with Gasteiger partial charge < -0.3 is 9.84 Å². The summed E-state index contributed by atoms with van der Waals surface area (Å²) < 4.78 is 32.4. The number of hydrogen-bond donors (Lipinski definition) is 1. The van der Waals surface area contributed by atoms with Crippen LogP contribution in [0, 0.1) is 0 Å². The molecule has 4 rings (SSSR count). The Bertz CT molecular complexity index is 864. The number of rotatable bonds is 4. The number of nitrogens with one attached hydrogen (secondary N) is 1. The molecule has 0 bridgehead atoms. The fourth-order valence-corrected chi connectivity index (χ4v) is 5.07. The Morgan fingerprint density at radius 2 is 2.07 bits per heavy atom. The lowest BCUT2D eigenvalue weighted by Crippen LogP contribution is -2.44. The first-order chi connectivity index (χ1) is 13.1. The molecule has 2 fully saturated rings. The molecule has 1 N–H and O–H groups in total. The van der Waals surface area contributed by atoms with Crippen LogP contribution in [0.25, 0.3) is 0 Å². The highest BCUT2D eigenvalue weighted by Gasteiger charge is 2.33. The van der Waals surface area contributed by atoms with Gasteiger partial charge in [0.05, 0.1) is 6.04 Å². The Labute approximate surface area is 158 Å². The van der Waals surface area contributed by atoms with Crippen LogP contribution in [0.5, 0.6) is 0 Å². The summed E-state index contributed by atoms with van der Waals surface area (Å²) in [5, 5.41) is 7.52. The molecule has 1 unspecified atom stereocenters. The highest BCUT2D eigenvalue weighted by molar-refractivity contribution is 7.89. The minimum absolute atomic E-state index is 0.0912. The van der Waals surface area contributed by atoms with E-state index < -0.39 is 10.0 Å². The second kappa shape index (κ2) is 7.63. The maximum absolute atomic E-state index is 12.7. The molecule has 0 aliphatic carbocycles. The van der Waals surface area contributed by atoms with E-state index in [1.807, 2.05) is 0 Å². The highest BCUT2D eigenvalue weighted by Crippen LogP contribution is 2.30. The van der Waals surface area contributed by atoms with Crippen LogP contribution < -0.4 is 5.32 Å². The number of hydrogen-bond acceptors (Lipinski definition) is 8. The van der Waals surface area contributed by atoms with Gasteiger partial charge in [-0.05, 0) is 32.0 Å². The fraction of sp³-hybridized carbons (Fsp3) is 0.588. The lowest BCUT2D eigenvalue weighted by atomic mass is 9.98. The Balaban J connectivity index is 1.41. The molecule has 2 saturated heterocycles. The molecule has 2 aliphatic rings. The summed E-state index contributed by atoms with van der Waals surface area (Å²) in [4.78, 5) is 11.0. The van der Waals surface area contributed by atoms with E-state index in [-0.39, 0.29) is 16.9 Å². The molecule has 1 atom stereocenters. The summed E-state index contributed by atoms with van der Waals surface area (Å²) in [5.41, 5.74) is 0. The summed E-state index contributed by atoms with van der Waals surface area (Å²) in [6.07, 6.45) is 4.29. The van der Waals surface area contributed by atoms with Gasteiger partial charge in [0.15, 0.2) is 5.82 Å². The van der Waals surface area contributed by atoms with Crippen molar-refractivity contribution < 1.29 is 12.9 Å². The van der Waals surface area contributed by atoms with Crippen molar-refractivity contribution in [3.63, 3.8) is 0 Å². The van der Waals surface area contributed by atoms with Gasteiger partial charge in [-0.3, -0.25) is 9.88 Å². The second-order valence-corrected chi connectivity index (χ2v) is 9.00. The molecular weight excluding hydrogens is 368 g/mol. The van der Waals surface area contributed by atoms with Crippen LogP contribution in [0.4, 0.5) is 0 Å². The van der Waals surface area contributed by atoms with Gasteiger partial charge in [-0.2, -0.15) is 9.29 Å². The summed E-state index contributed by atoms with van der Waals surface area (Å²) in [7, 11) is -1.44. The zero-order valence-electron chi connectivity index (χ0n) is 15.3. The van der Waals surface area contributed by atoms with Gasteiger partial charge in [-0.15, -0.1) is 0 Å². The van der Waals surface area contributed by atoms with Crippen LogP contribution in [-0.2, 0) is 10.0 Å². The molecule has 10 heteroatoms. The number of aromatic nitrogens is 3. The van der Waals surface area contributed by atoms with Crippen molar-refractivity contribution in [2.75, 3.05) is 39.8 Å². The van der Waals surface area contributed by atoms with E-state index in [0.29, 0.717) is 37.6 Å². The smallest absolute Gasteiger partial charge is 0.244 e. The fourth-order valence-electron chi connectivity index (χ4n) is 3.63. The summed E-state index contributed by atoms with van der Waals surface area (Å²) in [5.74, 6) is 1.40. The highest BCUT2D eigenvalue weighted by atomic mass is 32.2. The molecule has 0 spiro atoms. The van der Waals surface area contributed by atoms with Crippen molar-refractivity contribution in [1.82, 2.24) is 29.6 Å². The zero-order valence-corrected chi connectivity index (χ0v) is 16.1. The van der Waals surface area contributed by atoms with Crippen LogP contribution in [0.15, 0.2) is 33.9 Å². The minimum Gasteiger partial charge on any atom is -0.339 e. The van der Waals surface area contributed by atoms with E-state index in [1.54, 1.807) is 18.3 Å². The van der Waals surface area contributed by atoms with Crippen molar-refractivity contribution in [2.45, 2.75) is 29.7 Å². The molecule has 0 amide bonds. The number of likely N-dealkylation sites (N-methyl/N-ethyl adjacent to an activating group) is 1. The maximum atomic E-state index is 12.7. The van der Waals surface area contributed by atoms with Crippen molar-refractivity contribution in [3.8, 4) is 0 Å². The van der Waals surface area contributed by atoms with Crippen LogP contribution in [0.3, 0.4) is 0 Å². The van der Waals surface area contributed by atoms with Crippen molar-refractivity contribution >= 4 is 10.0 Å². The standard InChI is InChI=1S/C17H24N6O3S/c1-22-10-7-19-12-15(22)16-20-17(26-21-16)13-4-8-23(9-5-13)27(24,25)14-3-2-6-18-11-14/h2-3,6,11,13,15,19H,4-5,7-10,12H2,1H3. The van der Waals surface area contributed by atoms with Crippen molar-refractivity contribution in [3.05, 3.63) is 36.2 Å². The third-order valence-corrected chi connectivity index (χ3v) is 7.22. The average Bonchev–Trinajstić information content (AvgIpc) is 3.19. The van der Waals surface area contributed by atoms with Gasteiger partial charge in [-0.25, -0.2) is 8.42 Å². The molecular formula is C17H24N6O3S. The Morgan fingerprint density at radius 3 is 2.78 bits per heavy atom. The van der Waals surface area contributed by atoms with E-state index >= 15 is 0 Å². The summed E-state index contributed by atoms with van der Waals surface area (Å²) in [6, 6.07) is 3.33. The minimum atomic E-state index is -3.50. The topological polar surface area (TPSA) is 104 Å². The molecule has 2 aromatic rings. The number of piperazine rings is 1. The molecule has 27 heavy (non-hydrogen) atoms. The van der Waals surface area contributed by atoms with Crippen LogP contribution in [-0.4, -0.2) is 72.5 Å². The lowest BCUT2D eigenvalue weighted by Gasteiger charge is -2.30. The van der Waals surface area contributed by atoms with Gasteiger partial charge in [0, 0.05) is 51.0 Å². The largest absolute Gasteiger partial charge is 0.339 e. The third-order valence-electron chi connectivity index (χ3n) is 5.34. The Kier molecular flexibility index (Phi) is 5.22. The first-order valence-corrected chi connectivity index (χ1v) is 10.6. The molecule has 146 valence electrons. The SMILES string of the molecule is CN1CCNCC1c1noc(C2CCN(S(=O)(=O)c3cccnc3)CC2)n1. The summed E-state index contributed by atoms with van der Waals surface area (Å²) >= 11 is 0. The number of sulfonamides is 1.